The maximum absolute atomic E-state index is 13.6. The van der Waals surface area contributed by atoms with Gasteiger partial charge in [-0.15, -0.1) is 11.8 Å². The maximum atomic E-state index is 13.6. The van der Waals surface area contributed by atoms with Crippen molar-refractivity contribution in [2.24, 2.45) is 11.8 Å². The molecule has 2 aliphatic rings. The van der Waals surface area contributed by atoms with Crippen LogP contribution in [0.1, 0.15) is 75.8 Å². The first kappa shape index (κ1) is 25.8. The van der Waals surface area contributed by atoms with Crippen molar-refractivity contribution in [2.75, 3.05) is 12.3 Å². The minimum Gasteiger partial charge on any atom is -0.354 e. The van der Waals surface area contributed by atoms with Gasteiger partial charge in [0.15, 0.2) is 0 Å². The van der Waals surface area contributed by atoms with Crippen LogP contribution in [0.25, 0.3) is 0 Å². The quantitative estimate of drug-likeness (QED) is 0.452. The molecule has 2 fully saturated rings. The molecular weight excluding hydrogens is 452 g/mol. The molecular formula is C30H40N2O2S. The Morgan fingerprint density at radius 3 is 2.11 bits per heavy atom. The average Bonchev–Trinajstić information content (AvgIpc) is 3.30. The van der Waals surface area contributed by atoms with E-state index in [0.717, 1.165) is 38.5 Å². The van der Waals surface area contributed by atoms with Crippen molar-refractivity contribution in [1.29, 1.82) is 0 Å². The Morgan fingerprint density at radius 1 is 0.943 bits per heavy atom. The molecule has 35 heavy (non-hydrogen) atoms. The van der Waals surface area contributed by atoms with Crippen molar-refractivity contribution in [3.63, 3.8) is 0 Å². The zero-order valence-corrected chi connectivity index (χ0v) is 22.0. The van der Waals surface area contributed by atoms with E-state index in [4.69, 9.17) is 0 Å². The summed E-state index contributed by atoms with van der Waals surface area (Å²) in [5.74, 6) is 1.73. The van der Waals surface area contributed by atoms with Crippen LogP contribution in [-0.4, -0.2) is 40.4 Å². The average molecular weight is 493 g/mol. The molecule has 2 aromatic rings. The van der Waals surface area contributed by atoms with E-state index in [1.807, 2.05) is 17.0 Å². The Hall–Kier alpha value is -2.27. The van der Waals surface area contributed by atoms with Crippen LogP contribution >= 0.6 is 11.8 Å². The highest BCUT2D eigenvalue weighted by Crippen LogP contribution is 2.37. The molecule has 2 aromatic carbocycles. The molecule has 1 heterocycles. The number of amides is 2. The highest BCUT2D eigenvalue weighted by atomic mass is 32.2. The third-order valence-corrected chi connectivity index (χ3v) is 8.73. The summed E-state index contributed by atoms with van der Waals surface area (Å²) in [6, 6.07) is 20.7. The van der Waals surface area contributed by atoms with Gasteiger partial charge < -0.3 is 10.2 Å². The summed E-state index contributed by atoms with van der Waals surface area (Å²) in [6.07, 6.45) is 7.19. The lowest BCUT2D eigenvalue weighted by Crippen LogP contribution is -2.52. The number of hydrogen-bond donors (Lipinski definition) is 1. The Bertz CT molecular complexity index is 904. The summed E-state index contributed by atoms with van der Waals surface area (Å²) in [5.41, 5.74) is 2.52. The zero-order chi connectivity index (χ0) is 24.6. The summed E-state index contributed by atoms with van der Waals surface area (Å²) >= 11 is 1.79. The molecule has 0 bridgehead atoms. The topological polar surface area (TPSA) is 49.4 Å². The van der Waals surface area contributed by atoms with E-state index in [1.165, 1.54) is 17.5 Å². The second kappa shape index (κ2) is 12.6. The molecule has 5 heteroatoms. The molecule has 4 nitrogen and oxygen atoms in total. The first-order valence-corrected chi connectivity index (χ1v) is 14.4. The number of benzene rings is 2. The van der Waals surface area contributed by atoms with E-state index in [0.29, 0.717) is 18.2 Å². The molecule has 1 aliphatic carbocycles. The summed E-state index contributed by atoms with van der Waals surface area (Å²) in [6.45, 7) is 4.99. The first-order chi connectivity index (χ1) is 17.0. The van der Waals surface area contributed by atoms with Crippen LogP contribution in [0.3, 0.4) is 0 Å². The summed E-state index contributed by atoms with van der Waals surface area (Å²) < 4.78 is 0. The second-order valence-electron chi connectivity index (χ2n) is 10.5. The lowest BCUT2D eigenvalue weighted by molar-refractivity contribution is -0.144. The van der Waals surface area contributed by atoms with Gasteiger partial charge in [0.05, 0.1) is 5.37 Å². The minimum absolute atomic E-state index is 0.00721. The minimum atomic E-state index is -0.356. The SMILES string of the molecule is CC(C)CC1SCC(C(=O)NCCC(c2ccccc2)c2ccccc2)N1C(=O)C1CCCCC1. The van der Waals surface area contributed by atoms with Crippen LogP contribution in [0.5, 0.6) is 0 Å². The van der Waals surface area contributed by atoms with Crippen molar-refractivity contribution >= 4 is 23.6 Å². The molecule has 2 atom stereocenters. The fraction of sp³-hybridized carbons (Fsp3) is 0.533. The molecule has 1 N–H and O–H groups in total. The lowest BCUT2D eigenvalue weighted by atomic mass is 9.87. The molecule has 1 aliphatic heterocycles. The third kappa shape index (κ3) is 6.69. The summed E-state index contributed by atoms with van der Waals surface area (Å²) in [7, 11) is 0. The van der Waals surface area contributed by atoms with Crippen LogP contribution in [-0.2, 0) is 9.59 Å². The fourth-order valence-electron chi connectivity index (χ4n) is 5.56. The molecule has 0 aromatic heterocycles. The molecule has 0 radical (unpaired) electrons. The molecule has 1 saturated carbocycles. The highest BCUT2D eigenvalue weighted by molar-refractivity contribution is 8.00. The Morgan fingerprint density at radius 2 is 1.54 bits per heavy atom. The number of nitrogens with one attached hydrogen (secondary N) is 1. The molecule has 2 unspecified atom stereocenters. The number of hydrogen-bond acceptors (Lipinski definition) is 3. The van der Waals surface area contributed by atoms with E-state index < -0.39 is 0 Å². The standard InChI is InChI=1S/C30H40N2O2S/c1-22(2)20-28-32(30(34)25-16-10-5-11-17-25)27(21-35-28)29(33)31-19-18-26(23-12-6-3-7-13-23)24-14-8-4-9-15-24/h3-4,6-9,12-15,22,25-28H,5,10-11,16-21H2,1-2H3,(H,31,33). The molecule has 4 rings (SSSR count). The van der Waals surface area contributed by atoms with Gasteiger partial charge >= 0.3 is 0 Å². The van der Waals surface area contributed by atoms with Gasteiger partial charge in [0, 0.05) is 24.1 Å². The number of rotatable bonds is 9. The molecule has 188 valence electrons. The van der Waals surface area contributed by atoms with E-state index in [9.17, 15) is 9.59 Å². The first-order valence-electron chi connectivity index (χ1n) is 13.4. The van der Waals surface area contributed by atoms with Crippen LogP contribution in [0.15, 0.2) is 60.7 Å². The monoisotopic (exact) mass is 492 g/mol. The van der Waals surface area contributed by atoms with Gasteiger partial charge in [0.25, 0.3) is 0 Å². The van der Waals surface area contributed by atoms with Gasteiger partial charge in [-0.1, -0.05) is 93.8 Å². The van der Waals surface area contributed by atoms with E-state index in [1.54, 1.807) is 11.8 Å². The predicted molar refractivity (Wildman–Crippen MR) is 145 cm³/mol. The maximum Gasteiger partial charge on any atom is 0.243 e. The molecule has 1 saturated heterocycles. The number of carbonyl (C=O) groups excluding carboxylic acids is 2. The van der Waals surface area contributed by atoms with E-state index >= 15 is 0 Å². The van der Waals surface area contributed by atoms with Gasteiger partial charge in [0.2, 0.25) is 11.8 Å². The lowest BCUT2D eigenvalue weighted by Gasteiger charge is -2.34. The second-order valence-corrected chi connectivity index (χ2v) is 11.7. The fourth-order valence-corrected chi connectivity index (χ4v) is 7.21. The van der Waals surface area contributed by atoms with Gasteiger partial charge in [-0.3, -0.25) is 9.59 Å². The summed E-state index contributed by atoms with van der Waals surface area (Å²) in [4.78, 5) is 29.0. The number of nitrogens with zero attached hydrogens (tertiary/aromatic N) is 1. The van der Waals surface area contributed by atoms with Gasteiger partial charge in [-0.05, 0) is 42.7 Å². The smallest absolute Gasteiger partial charge is 0.243 e. The number of thioether (sulfide) groups is 1. The van der Waals surface area contributed by atoms with Crippen molar-refractivity contribution in [3.8, 4) is 0 Å². The van der Waals surface area contributed by atoms with Gasteiger partial charge in [-0.2, -0.15) is 0 Å². The van der Waals surface area contributed by atoms with Crippen LogP contribution in [0, 0.1) is 11.8 Å². The Balaban J connectivity index is 1.42. The van der Waals surface area contributed by atoms with E-state index in [2.05, 4.69) is 67.7 Å². The van der Waals surface area contributed by atoms with Crippen LogP contribution < -0.4 is 5.32 Å². The predicted octanol–water partition coefficient (Wildman–Crippen LogP) is 6.22. The Kier molecular flexibility index (Phi) is 9.31. The van der Waals surface area contributed by atoms with Crippen molar-refractivity contribution in [2.45, 2.75) is 76.1 Å². The highest BCUT2D eigenvalue weighted by Gasteiger charge is 2.43. The molecule has 0 spiro atoms. The van der Waals surface area contributed by atoms with Crippen LogP contribution in [0.4, 0.5) is 0 Å². The summed E-state index contributed by atoms with van der Waals surface area (Å²) in [5, 5.41) is 3.32. The van der Waals surface area contributed by atoms with Gasteiger partial charge in [0.1, 0.15) is 6.04 Å². The number of carbonyl (C=O) groups is 2. The normalized spacial score (nSPS) is 21.0. The largest absolute Gasteiger partial charge is 0.354 e. The Labute approximate surface area is 215 Å². The van der Waals surface area contributed by atoms with Crippen molar-refractivity contribution in [1.82, 2.24) is 10.2 Å². The van der Waals surface area contributed by atoms with Crippen LogP contribution in [0.2, 0.25) is 0 Å². The van der Waals surface area contributed by atoms with Gasteiger partial charge in [-0.25, -0.2) is 0 Å². The third-order valence-electron chi connectivity index (χ3n) is 7.41. The zero-order valence-electron chi connectivity index (χ0n) is 21.2. The van der Waals surface area contributed by atoms with Crippen molar-refractivity contribution in [3.05, 3.63) is 71.8 Å². The van der Waals surface area contributed by atoms with E-state index in [-0.39, 0.29) is 35.1 Å². The van der Waals surface area contributed by atoms with Crippen molar-refractivity contribution < 1.29 is 9.59 Å². The molecule has 2 amide bonds.